The summed E-state index contributed by atoms with van der Waals surface area (Å²) in [4.78, 5) is 8.52. The quantitative estimate of drug-likeness (QED) is 0.412. The third-order valence-corrected chi connectivity index (χ3v) is 4.45. The Bertz CT molecular complexity index is 816. The van der Waals surface area contributed by atoms with Crippen LogP contribution in [0.25, 0.3) is 10.9 Å². The Balaban J connectivity index is 1.77. The highest BCUT2D eigenvalue weighted by Crippen LogP contribution is 2.15. The molecule has 0 amide bonds. The van der Waals surface area contributed by atoms with Crippen LogP contribution in [0.5, 0.6) is 0 Å². The fraction of sp³-hybridized carbons (Fsp3) is 0.412. The summed E-state index contributed by atoms with van der Waals surface area (Å²) in [7, 11) is -1.28. The lowest BCUT2D eigenvalue weighted by atomic mass is 10.1. The van der Waals surface area contributed by atoms with Gasteiger partial charge in [-0.3, -0.25) is 9.98 Å². The van der Waals surface area contributed by atoms with E-state index in [2.05, 4.69) is 20.6 Å². The van der Waals surface area contributed by atoms with Gasteiger partial charge in [-0.05, 0) is 17.7 Å². The summed E-state index contributed by atoms with van der Waals surface area (Å²) < 4.78 is 27.3. The number of pyridine rings is 1. The minimum Gasteiger partial charge on any atom is -0.379 e. The zero-order valence-corrected chi connectivity index (χ0v) is 15.3. The second-order valence-electron chi connectivity index (χ2n) is 5.58. The van der Waals surface area contributed by atoms with Gasteiger partial charge >= 0.3 is 0 Å². The van der Waals surface area contributed by atoms with Crippen molar-refractivity contribution in [1.29, 1.82) is 0 Å². The van der Waals surface area contributed by atoms with Gasteiger partial charge < -0.3 is 15.4 Å². The summed E-state index contributed by atoms with van der Waals surface area (Å²) in [5.74, 6) is 0.697. The Kier molecular flexibility index (Phi) is 7.15. The van der Waals surface area contributed by atoms with Gasteiger partial charge in [0.05, 0.1) is 24.5 Å². The minimum absolute atomic E-state index is 0.0368. The van der Waals surface area contributed by atoms with Crippen molar-refractivity contribution in [2.45, 2.75) is 6.54 Å². The van der Waals surface area contributed by atoms with Gasteiger partial charge in [0.2, 0.25) is 0 Å². The molecule has 0 unspecified atom stereocenters. The van der Waals surface area contributed by atoms with Crippen molar-refractivity contribution >= 4 is 26.7 Å². The van der Waals surface area contributed by atoms with E-state index in [1.807, 2.05) is 30.3 Å². The van der Waals surface area contributed by atoms with Crippen molar-refractivity contribution in [2.75, 3.05) is 38.8 Å². The standard InChI is InChI=1S/C17H24N4O3S/c1-18-17(20-9-10-24-11-12-25(2,22)23)21-13-14-7-8-19-16-6-4-3-5-15(14)16/h3-8H,9-13H2,1-2H3,(H2,18,20,21). The molecule has 0 bridgehead atoms. The van der Waals surface area contributed by atoms with E-state index in [0.29, 0.717) is 25.7 Å². The van der Waals surface area contributed by atoms with Crippen LogP contribution in [0.1, 0.15) is 5.56 Å². The highest BCUT2D eigenvalue weighted by Gasteiger charge is 2.04. The number of hydrogen-bond donors (Lipinski definition) is 2. The number of fused-ring (bicyclic) bond motifs is 1. The molecule has 0 atom stereocenters. The molecule has 0 aliphatic heterocycles. The highest BCUT2D eigenvalue weighted by atomic mass is 32.2. The zero-order chi connectivity index (χ0) is 18.1. The number of ether oxygens (including phenoxy) is 1. The summed E-state index contributed by atoms with van der Waals surface area (Å²) in [5.41, 5.74) is 2.10. The van der Waals surface area contributed by atoms with Crippen molar-refractivity contribution in [3.05, 3.63) is 42.1 Å². The zero-order valence-electron chi connectivity index (χ0n) is 14.5. The molecule has 0 aliphatic carbocycles. The molecule has 2 aromatic rings. The van der Waals surface area contributed by atoms with E-state index in [4.69, 9.17) is 4.74 Å². The van der Waals surface area contributed by atoms with E-state index in [-0.39, 0.29) is 12.4 Å². The Morgan fingerprint density at radius 2 is 2.00 bits per heavy atom. The predicted octanol–water partition coefficient (Wildman–Crippen LogP) is 0.961. The van der Waals surface area contributed by atoms with Crippen LogP contribution in [-0.2, 0) is 21.1 Å². The lowest BCUT2D eigenvalue weighted by Crippen LogP contribution is -2.38. The maximum atomic E-state index is 11.0. The van der Waals surface area contributed by atoms with Gasteiger partial charge in [0.15, 0.2) is 5.96 Å². The molecule has 136 valence electrons. The van der Waals surface area contributed by atoms with Crippen LogP contribution in [0.2, 0.25) is 0 Å². The van der Waals surface area contributed by atoms with Crippen LogP contribution in [0.3, 0.4) is 0 Å². The third-order valence-electron chi connectivity index (χ3n) is 3.55. The second-order valence-corrected chi connectivity index (χ2v) is 7.84. The number of sulfone groups is 1. The maximum Gasteiger partial charge on any atom is 0.191 e. The average Bonchev–Trinajstić information content (AvgIpc) is 2.59. The summed E-state index contributed by atoms with van der Waals surface area (Å²) in [6.45, 7) is 1.78. The summed E-state index contributed by atoms with van der Waals surface area (Å²) in [5, 5.41) is 7.50. The summed E-state index contributed by atoms with van der Waals surface area (Å²) in [6, 6.07) is 9.98. The smallest absolute Gasteiger partial charge is 0.191 e. The Labute approximate surface area is 148 Å². The van der Waals surface area contributed by atoms with E-state index in [1.54, 1.807) is 13.2 Å². The number of rotatable bonds is 8. The number of aromatic nitrogens is 1. The number of nitrogens with one attached hydrogen (secondary N) is 2. The molecule has 8 heteroatoms. The van der Waals surface area contributed by atoms with Crippen molar-refractivity contribution in [3.63, 3.8) is 0 Å². The molecule has 0 fully saturated rings. The third kappa shape index (κ3) is 6.67. The first-order chi connectivity index (χ1) is 12.0. The Morgan fingerprint density at radius 3 is 2.76 bits per heavy atom. The molecule has 1 aromatic heterocycles. The Morgan fingerprint density at radius 1 is 1.20 bits per heavy atom. The van der Waals surface area contributed by atoms with Crippen LogP contribution in [0.4, 0.5) is 0 Å². The molecule has 0 saturated heterocycles. The second kappa shape index (κ2) is 9.33. The molecule has 1 aromatic carbocycles. The molecule has 0 spiro atoms. The van der Waals surface area contributed by atoms with E-state index < -0.39 is 9.84 Å². The maximum absolute atomic E-state index is 11.0. The van der Waals surface area contributed by atoms with Gasteiger partial charge in [0.25, 0.3) is 0 Å². The molecular formula is C17H24N4O3S. The van der Waals surface area contributed by atoms with Gasteiger partial charge in [-0.15, -0.1) is 0 Å². The molecule has 0 radical (unpaired) electrons. The molecular weight excluding hydrogens is 340 g/mol. The summed E-state index contributed by atoms with van der Waals surface area (Å²) in [6.07, 6.45) is 2.99. The molecule has 0 aliphatic rings. The molecule has 0 saturated carbocycles. The largest absolute Gasteiger partial charge is 0.379 e. The molecule has 25 heavy (non-hydrogen) atoms. The normalized spacial score (nSPS) is 12.3. The molecule has 2 N–H and O–H groups in total. The first-order valence-corrected chi connectivity index (χ1v) is 10.1. The number of guanidine groups is 1. The number of hydrogen-bond acceptors (Lipinski definition) is 5. The highest BCUT2D eigenvalue weighted by molar-refractivity contribution is 7.90. The van der Waals surface area contributed by atoms with E-state index in [1.165, 1.54) is 6.26 Å². The van der Waals surface area contributed by atoms with Gasteiger partial charge in [-0.25, -0.2) is 8.42 Å². The number of aliphatic imine (C=N–C) groups is 1. The lowest BCUT2D eigenvalue weighted by Gasteiger charge is -2.13. The number of benzene rings is 1. The van der Waals surface area contributed by atoms with Crippen molar-refractivity contribution in [1.82, 2.24) is 15.6 Å². The van der Waals surface area contributed by atoms with Crippen molar-refractivity contribution in [2.24, 2.45) is 4.99 Å². The first-order valence-electron chi connectivity index (χ1n) is 8.02. The first kappa shape index (κ1) is 19.1. The summed E-state index contributed by atoms with van der Waals surface area (Å²) >= 11 is 0. The van der Waals surface area contributed by atoms with Gasteiger partial charge in [0.1, 0.15) is 9.84 Å². The van der Waals surface area contributed by atoms with Crippen LogP contribution in [0, 0.1) is 0 Å². The molecule has 2 rings (SSSR count). The van der Waals surface area contributed by atoms with E-state index in [9.17, 15) is 8.42 Å². The fourth-order valence-electron chi connectivity index (χ4n) is 2.26. The van der Waals surface area contributed by atoms with E-state index in [0.717, 1.165) is 16.5 Å². The van der Waals surface area contributed by atoms with Crippen molar-refractivity contribution < 1.29 is 13.2 Å². The Hall–Kier alpha value is -2.19. The predicted molar refractivity (Wildman–Crippen MR) is 100 cm³/mol. The van der Waals surface area contributed by atoms with Crippen LogP contribution < -0.4 is 10.6 Å². The fourth-order valence-corrected chi connectivity index (χ4v) is 2.68. The number of nitrogens with zero attached hydrogens (tertiary/aromatic N) is 2. The topological polar surface area (TPSA) is 92.7 Å². The van der Waals surface area contributed by atoms with E-state index >= 15 is 0 Å². The van der Waals surface area contributed by atoms with Crippen LogP contribution in [-0.4, -0.2) is 58.2 Å². The average molecular weight is 364 g/mol. The number of para-hydroxylation sites is 1. The SMILES string of the molecule is CN=C(NCCOCCS(C)(=O)=O)NCc1ccnc2ccccc12. The molecule has 1 heterocycles. The van der Waals surface area contributed by atoms with Crippen LogP contribution in [0.15, 0.2) is 41.5 Å². The molecule has 7 nitrogen and oxygen atoms in total. The minimum atomic E-state index is -2.98. The van der Waals surface area contributed by atoms with Crippen LogP contribution >= 0.6 is 0 Å². The monoisotopic (exact) mass is 364 g/mol. The van der Waals surface area contributed by atoms with Crippen molar-refractivity contribution in [3.8, 4) is 0 Å². The van der Waals surface area contributed by atoms with Gasteiger partial charge in [-0.2, -0.15) is 0 Å². The van der Waals surface area contributed by atoms with Gasteiger partial charge in [-0.1, -0.05) is 18.2 Å². The lowest BCUT2D eigenvalue weighted by molar-refractivity contribution is 0.154. The van der Waals surface area contributed by atoms with Gasteiger partial charge in [0, 0.05) is 38.0 Å².